The van der Waals surface area contributed by atoms with Gasteiger partial charge in [-0.3, -0.25) is 4.90 Å². The van der Waals surface area contributed by atoms with E-state index in [1.807, 2.05) is 35.2 Å². The van der Waals surface area contributed by atoms with E-state index >= 15 is 0 Å². The van der Waals surface area contributed by atoms with Crippen LogP contribution in [-0.2, 0) is 16.1 Å². The van der Waals surface area contributed by atoms with Crippen LogP contribution in [-0.4, -0.2) is 60.3 Å². The van der Waals surface area contributed by atoms with Crippen LogP contribution in [0.2, 0.25) is 0 Å². The maximum Gasteiger partial charge on any atom is 0.410 e. The third-order valence-corrected chi connectivity index (χ3v) is 4.96. The number of amides is 1. The summed E-state index contributed by atoms with van der Waals surface area (Å²) in [4.78, 5) is 16.7. The Morgan fingerprint density at radius 3 is 2.69 bits per heavy atom. The van der Waals surface area contributed by atoms with Crippen LogP contribution in [0.1, 0.15) is 32.3 Å². The minimum atomic E-state index is -0.213. The molecule has 0 radical (unpaired) electrons. The second-order valence-electron chi connectivity index (χ2n) is 7.35. The fourth-order valence-corrected chi connectivity index (χ4v) is 3.82. The standard InChI is InChI=1S/C21H30N2O3/c1-17-14-22(15-18(2)26-17)12-6-10-20-11-7-13-23(20)21(24)25-16-19-8-4-3-5-9-19/h3-6,8-10,17-18,20H,7,11-16H2,1-2H3/b10-6+. The van der Waals surface area contributed by atoms with Gasteiger partial charge in [0.2, 0.25) is 0 Å². The first-order valence-electron chi connectivity index (χ1n) is 9.63. The second kappa shape index (κ2) is 9.19. The summed E-state index contributed by atoms with van der Waals surface area (Å²) in [6.07, 6.45) is 6.74. The molecule has 0 aliphatic carbocycles. The molecule has 5 nitrogen and oxygen atoms in total. The van der Waals surface area contributed by atoms with Gasteiger partial charge in [-0.05, 0) is 32.3 Å². The van der Waals surface area contributed by atoms with Crippen LogP contribution in [0.3, 0.4) is 0 Å². The monoisotopic (exact) mass is 358 g/mol. The molecule has 1 amide bonds. The lowest BCUT2D eigenvalue weighted by Gasteiger charge is -2.34. The summed E-state index contributed by atoms with van der Waals surface area (Å²) >= 11 is 0. The molecule has 2 aliphatic rings. The summed E-state index contributed by atoms with van der Waals surface area (Å²) in [5.41, 5.74) is 1.02. The highest BCUT2D eigenvalue weighted by Gasteiger charge is 2.28. The van der Waals surface area contributed by atoms with Gasteiger partial charge in [-0.1, -0.05) is 42.5 Å². The number of rotatable bonds is 5. The fraction of sp³-hybridized carbons (Fsp3) is 0.571. The van der Waals surface area contributed by atoms with E-state index in [1.165, 1.54) is 0 Å². The van der Waals surface area contributed by atoms with Crippen LogP contribution in [0.5, 0.6) is 0 Å². The molecule has 0 bridgehead atoms. The molecule has 1 aromatic carbocycles. The van der Waals surface area contributed by atoms with Crippen molar-refractivity contribution in [1.82, 2.24) is 9.80 Å². The Morgan fingerprint density at radius 2 is 1.96 bits per heavy atom. The van der Waals surface area contributed by atoms with Gasteiger partial charge in [0.15, 0.2) is 0 Å². The summed E-state index contributed by atoms with van der Waals surface area (Å²) in [5.74, 6) is 0. The van der Waals surface area contributed by atoms with Gasteiger partial charge in [-0.2, -0.15) is 0 Å². The lowest BCUT2D eigenvalue weighted by molar-refractivity contribution is -0.0646. The molecule has 2 heterocycles. The topological polar surface area (TPSA) is 42.0 Å². The Labute approximate surface area is 156 Å². The molecule has 3 atom stereocenters. The van der Waals surface area contributed by atoms with Gasteiger partial charge in [-0.25, -0.2) is 4.79 Å². The Morgan fingerprint density at radius 1 is 1.23 bits per heavy atom. The van der Waals surface area contributed by atoms with Crippen molar-refractivity contribution < 1.29 is 14.3 Å². The van der Waals surface area contributed by atoms with Gasteiger partial charge in [0.1, 0.15) is 6.61 Å². The quantitative estimate of drug-likeness (QED) is 0.756. The Hall–Kier alpha value is -1.85. The largest absolute Gasteiger partial charge is 0.445 e. The van der Waals surface area contributed by atoms with E-state index in [2.05, 4.69) is 30.9 Å². The third-order valence-electron chi connectivity index (χ3n) is 4.96. The highest BCUT2D eigenvalue weighted by atomic mass is 16.6. The molecule has 1 aromatic rings. The number of nitrogens with zero attached hydrogens (tertiary/aromatic N) is 2. The van der Waals surface area contributed by atoms with Crippen molar-refractivity contribution in [2.45, 2.75) is 51.5 Å². The minimum absolute atomic E-state index is 0.147. The zero-order valence-electron chi connectivity index (χ0n) is 15.8. The predicted octanol–water partition coefficient (Wildman–Crippen LogP) is 3.45. The summed E-state index contributed by atoms with van der Waals surface area (Å²) in [6.45, 7) is 8.16. The van der Waals surface area contributed by atoms with E-state index in [4.69, 9.17) is 9.47 Å². The molecular formula is C21H30N2O3. The Balaban J connectivity index is 1.47. The number of hydrogen-bond donors (Lipinski definition) is 0. The first kappa shape index (κ1) is 18.9. The average molecular weight is 358 g/mol. The number of ether oxygens (including phenoxy) is 2. The van der Waals surface area contributed by atoms with Crippen molar-refractivity contribution >= 4 is 6.09 Å². The average Bonchev–Trinajstić information content (AvgIpc) is 3.08. The summed E-state index contributed by atoms with van der Waals surface area (Å²) in [6, 6.07) is 9.96. The van der Waals surface area contributed by atoms with Crippen LogP contribution in [0.15, 0.2) is 42.5 Å². The second-order valence-corrected chi connectivity index (χ2v) is 7.35. The van der Waals surface area contributed by atoms with Gasteiger partial charge in [0.05, 0.1) is 18.2 Å². The van der Waals surface area contributed by atoms with Crippen molar-refractivity contribution in [2.75, 3.05) is 26.2 Å². The third kappa shape index (κ3) is 5.32. The lowest BCUT2D eigenvalue weighted by atomic mass is 10.2. The molecule has 2 fully saturated rings. The predicted molar refractivity (Wildman–Crippen MR) is 102 cm³/mol. The van der Waals surface area contributed by atoms with E-state index in [0.717, 1.165) is 44.6 Å². The maximum absolute atomic E-state index is 12.4. The lowest BCUT2D eigenvalue weighted by Crippen LogP contribution is -2.45. The van der Waals surface area contributed by atoms with Gasteiger partial charge in [-0.15, -0.1) is 0 Å². The Kier molecular flexibility index (Phi) is 6.69. The minimum Gasteiger partial charge on any atom is -0.445 e. The van der Waals surface area contributed by atoms with Crippen LogP contribution in [0, 0.1) is 0 Å². The molecule has 3 rings (SSSR count). The first-order chi connectivity index (χ1) is 12.6. The zero-order chi connectivity index (χ0) is 18.4. The number of hydrogen-bond acceptors (Lipinski definition) is 4. The van der Waals surface area contributed by atoms with Crippen LogP contribution in [0.25, 0.3) is 0 Å². The number of carbonyl (C=O) groups is 1. The van der Waals surface area contributed by atoms with Crippen molar-refractivity contribution in [3.8, 4) is 0 Å². The van der Waals surface area contributed by atoms with E-state index in [0.29, 0.717) is 6.61 Å². The van der Waals surface area contributed by atoms with Crippen LogP contribution in [0.4, 0.5) is 4.79 Å². The van der Waals surface area contributed by atoms with Gasteiger partial charge in [0.25, 0.3) is 0 Å². The number of morpholine rings is 1. The summed E-state index contributed by atoms with van der Waals surface area (Å²) in [5, 5.41) is 0. The van der Waals surface area contributed by atoms with Gasteiger partial charge < -0.3 is 14.4 Å². The van der Waals surface area contributed by atoms with Crippen molar-refractivity contribution in [3.63, 3.8) is 0 Å². The molecule has 2 saturated heterocycles. The molecule has 3 unspecified atom stereocenters. The van der Waals surface area contributed by atoms with E-state index in [-0.39, 0.29) is 24.3 Å². The Bertz CT molecular complexity index is 595. The zero-order valence-corrected chi connectivity index (χ0v) is 15.8. The van der Waals surface area contributed by atoms with E-state index < -0.39 is 0 Å². The molecule has 0 saturated carbocycles. The maximum atomic E-state index is 12.4. The molecule has 142 valence electrons. The summed E-state index contributed by atoms with van der Waals surface area (Å²) < 4.78 is 11.3. The van der Waals surface area contributed by atoms with Crippen LogP contribution >= 0.6 is 0 Å². The molecule has 5 heteroatoms. The summed E-state index contributed by atoms with van der Waals surface area (Å²) in [7, 11) is 0. The smallest absolute Gasteiger partial charge is 0.410 e. The molecule has 0 spiro atoms. The normalized spacial score (nSPS) is 27.2. The molecule has 2 aliphatic heterocycles. The van der Waals surface area contributed by atoms with Crippen molar-refractivity contribution in [3.05, 3.63) is 48.0 Å². The molecule has 0 aromatic heterocycles. The molecular weight excluding hydrogens is 328 g/mol. The molecule has 26 heavy (non-hydrogen) atoms. The van der Waals surface area contributed by atoms with Crippen LogP contribution < -0.4 is 0 Å². The molecule has 0 N–H and O–H groups in total. The van der Waals surface area contributed by atoms with Crippen molar-refractivity contribution in [2.24, 2.45) is 0 Å². The van der Waals surface area contributed by atoms with Crippen molar-refractivity contribution in [1.29, 1.82) is 0 Å². The highest BCUT2D eigenvalue weighted by Crippen LogP contribution is 2.20. The first-order valence-corrected chi connectivity index (χ1v) is 9.63. The van der Waals surface area contributed by atoms with Gasteiger partial charge >= 0.3 is 6.09 Å². The van der Waals surface area contributed by atoms with E-state index in [9.17, 15) is 4.79 Å². The fourth-order valence-electron chi connectivity index (χ4n) is 3.82. The van der Waals surface area contributed by atoms with Gasteiger partial charge in [0, 0.05) is 26.2 Å². The highest BCUT2D eigenvalue weighted by molar-refractivity contribution is 5.68. The number of likely N-dealkylation sites (tertiary alicyclic amines) is 1. The number of benzene rings is 1. The van der Waals surface area contributed by atoms with E-state index in [1.54, 1.807) is 0 Å². The SMILES string of the molecule is CC1CN(C/C=C/C2CCCN2C(=O)OCc2ccccc2)CC(C)O1. The number of carbonyl (C=O) groups excluding carboxylic acids is 1.